The molecule has 0 amide bonds. The Bertz CT molecular complexity index is 857. The second-order valence-corrected chi connectivity index (χ2v) is 9.54. The SMILES string of the molecule is C.CC[C@@H]1C[C@H](OP(C)N(C(C)C)C(C)C)[C@H](n2cnc3c(=O)[nH]c(C)nc32)O1. The molecule has 0 aromatic carbocycles. The first-order valence-electron chi connectivity index (χ1n) is 10.0. The standard InChI is InChI=1S/C19H32N5O3P.CH4/c1-8-14-9-15(27-28(7)24(11(2)3)12(4)5)19(26-14)23-10-20-16-17(23)21-13(6)22-18(16)25;/h10-12,14-15,19H,8-9H2,1-7H3,(H,21,22,25);1H4/t14-,15+,19-,28?;/m1./s1. The number of aromatic nitrogens is 4. The van der Waals surface area contributed by atoms with Crippen molar-refractivity contribution in [2.75, 3.05) is 6.66 Å². The van der Waals surface area contributed by atoms with Crippen molar-refractivity contribution in [3.8, 4) is 0 Å². The van der Waals surface area contributed by atoms with Crippen LogP contribution in [-0.2, 0) is 9.26 Å². The van der Waals surface area contributed by atoms with Crippen LogP contribution in [0.2, 0.25) is 0 Å². The monoisotopic (exact) mass is 425 g/mol. The van der Waals surface area contributed by atoms with Crippen LogP contribution in [0.4, 0.5) is 0 Å². The topological polar surface area (TPSA) is 85.3 Å². The lowest BCUT2D eigenvalue weighted by molar-refractivity contribution is -0.0285. The van der Waals surface area contributed by atoms with Gasteiger partial charge in [0.25, 0.3) is 5.56 Å². The molecule has 0 aliphatic carbocycles. The Morgan fingerprint density at radius 3 is 2.62 bits per heavy atom. The maximum Gasteiger partial charge on any atom is 0.279 e. The van der Waals surface area contributed by atoms with Crippen LogP contribution in [0.25, 0.3) is 11.2 Å². The molecule has 9 heteroatoms. The first-order chi connectivity index (χ1) is 13.2. The van der Waals surface area contributed by atoms with Gasteiger partial charge in [-0.1, -0.05) is 14.4 Å². The van der Waals surface area contributed by atoms with E-state index in [4.69, 9.17) is 9.26 Å². The van der Waals surface area contributed by atoms with E-state index in [-0.39, 0.29) is 31.4 Å². The van der Waals surface area contributed by atoms with E-state index >= 15 is 0 Å². The Morgan fingerprint density at radius 2 is 2.03 bits per heavy atom. The third kappa shape index (κ3) is 4.88. The van der Waals surface area contributed by atoms with E-state index in [0.29, 0.717) is 29.1 Å². The second-order valence-electron chi connectivity index (χ2n) is 7.94. The van der Waals surface area contributed by atoms with Gasteiger partial charge < -0.3 is 14.2 Å². The number of rotatable bonds is 7. The summed E-state index contributed by atoms with van der Waals surface area (Å²) in [6.07, 6.45) is 3.04. The molecule has 1 aliphatic heterocycles. The highest BCUT2D eigenvalue weighted by atomic mass is 31.2. The molecule has 29 heavy (non-hydrogen) atoms. The molecule has 0 bridgehead atoms. The highest BCUT2D eigenvalue weighted by Gasteiger charge is 2.39. The van der Waals surface area contributed by atoms with E-state index in [1.807, 2.05) is 4.57 Å². The van der Waals surface area contributed by atoms with Crippen molar-refractivity contribution in [1.29, 1.82) is 0 Å². The number of aromatic amines is 1. The summed E-state index contributed by atoms with van der Waals surface area (Å²) >= 11 is 0. The molecule has 0 spiro atoms. The zero-order valence-electron chi connectivity index (χ0n) is 17.8. The summed E-state index contributed by atoms with van der Waals surface area (Å²) in [5.74, 6) is 0.560. The van der Waals surface area contributed by atoms with Gasteiger partial charge in [-0.25, -0.2) is 9.97 Å². The average Bonchev–Trinajstić information content (AvgIpc) is 3.17. The lowest BCUT2D eigenvalue weighted by atomic mass is 10.1. The summed E-state index contributed by atoms with van der Waals surface area (Å²) in [7, 11) is -0.785. The molecule has 8 nitrogen and oxygen atoms in total. The van der Waals surface area contributed by atoms with Gasteiger partial charge in [-0.3, -0.25) is 14.0 Å². The Morgan fingerprint density at radius 1 is 1.38 bits per heavy atom. The van der Waals surface area contributed by atoms with Crippen LogP contribution in [0, 0.1) is 6.92 Å². The van der Waals surface area contributed by atoms with Gasteiger partial charge in [0, 0.05) is 18.5 Å². The van der Waals surface area contributed by atoms with Gasteiger partial charge in [-0.05, 0) is 47.7 Å². The number of fused-ring (bicyclic) bond motifs is 1. The largest absolute Gasteiger partial charge is 0.352 e. The fourth-order valence-corrected chi connectivity index (χ4v) is 6.03. The Hall–Kier alpha value is -1.34. The predicted molar refractivity (Wildman–Crippen MR) is 118 cm³/mol. The zero-order valence-corrected chi connectivity index (χ0v) is 18.7. The molecular weight excluding hydrogens is 389 g/mol. The molecule has 1 saturated heterocycles. The highest BCUT2D eigenvalue weighted by molar-refractivity contribution is 7.49. The van der Waals surface area contributed by atoms with Crippen LogP contribution in [0.1, 0.15) is 66.9 Å². The summed E-state index contributed by atoms with van der Waals surface area (Å²) in [6.45, 7) is 14.8. The quantitative estimate of drug-likeness (QED) is 0.669. The van der Waals surface area contributed by atoms with Gasteiger partial charge in [0.15, 0.2) is 17.4 Å². The first kappa shape index (κ1) is 23.9. The molecule has 3 heterocycles. The minimum atomic E-state index is -0.785. The number of aryl methyl sites for hydroxylation is 1. The number of ether oxygens (including phenoxy) is 1. The Labute approximate surface area is 174 Å². The summed E-state index contributed by atoms with van der Waals surface area (Å²) in [4.78, 5) is 23.7. The zero-order chi connectivity index (χ0) is 20.6. The first-order valence-corrected chi connectivity index (χ1v) is 11.7. The Kier molecular flexibility index (Phi) is 7.96. The van der Waals surface area contributed by atoms with Crippen molar-refractivity contribution in [3.05, 3.63) is 22.5 Å². The van der Waals surface area contributed by atoms with Crippen LogP contribution in [0.3, 0.4) is 0 Å². The van der Waals surface area contributed by atoms with Crippen molar-refractivity contribution in [2.45, 2.75) is 92.3 Å². The molecule has 1 fully saturated rings. The van der Waals surface area contributed by atoms with Crippen LogP contribution >= 0.6 is 8.30 Å². The van der Waals surface area contributed by atoms with Gasteiger partial charge in [-0.15, -0.1) is 0 Å². The minimum Gasteiger partial charge on any atom is -0.352 e. The fourth-order valence-electron chi connectivity index (χ4n) is 4.04. The van der Waals surface area contributed by atoms with Crippen molar-refractivity contribution in [1.82, 2.24) is 24.2 Å². The molecule has 3 rings (SSSR count). The lowest BCUT2D eigenvalue weighted by Gasteiger charge is -2.37. The van der Waals surface area contributed by atoms with E-state index in [1.165, 1.54) is 0 Å². The van der Waals surface area contributed by atoms with Crippen LogP contribution in [-0.4, -0.2) is 55.1 Å². The summed E-state index contributed by atoms with van der Waals surface area (Å²) in [5, 5.41) is 0. The Balaban J connectivity index is 0.00000300. The molecule has 2 aromatic heterocycles. The molecule has 0 saturated carbocycles. The normalized spacial score (nSPS) is 23.3. The van der Waals surface area contributed by atoms with Crippen molar-refractivity contribution in [2.24, 2.45) is 0 Å². The molecule has 4 atom stereocenters. The highest BCUT2D eigenvalue weighted by Crippen LogP contribution is 2.47. The molecule has 164 valence electrons. The van der Waals surface area contributed by atoms with E-state index < -0.39 is 8.30 Å². The number of hydrogen-bond donors (Lipinski definition) is 1. The summed E-state index contributed by atoms with van der Waals surface area (Å²) in [6, 6.07) is 0.798. The fraction of sp³-hybridized carbons (Fsp3) is 0.750. The summed E-state index contributed by atoms with van der Waals surface area (Å²) in [5.41, 5.74) is 0.645. The van der Waals surface area contributed by atoms with E-state index in [2.05, 4.69) is 60.9 Å². The van der Waals surface area contributed by atoms with E-state index in [0.717, 1.165) is 12.8 Å². The molecule has 1 aliphatic rings. The molecule has 0 radical (unpaired) electrons. The maximum absolute atomic E-state index is 12.2. The van der Waals surface area contributed by atoms with Gasteiger partial charge in [0.05, 0.1) is 12.4 Å². The van der Waals surface area contributed by atoms with Crippen molar-refractivity contribution in [3.63, 3.8) is 0 Å². The number of imidazole rings is 1. The van der Waals surface area contributed by atoms with Gasteiger partial charge in [0.2, 0.25) is 0 Å². The van der Waals surface area contributed by atoms with E-state index in [1.54, 1.807) is 13.3 Å². The van der Waals surface area contributed by atoms with Crippen molar-refractivity contribution < 1.29 is 9.26 Å². The van der Waals surface area contributed by atoms with Gasteiger partial charge >= 0.3 is 0 Å². The minimum absolute atomic E-state index is 0. The third-order valence-electron chi connectivity index (χ3n) is 5.10. The molecule has 1 unspecified atom stereocenters. The lowest BCUT2D eigenvalue weighted by Crippen LogP contribution is -2.34. The van der Waals surface area contributed by atoms with Crippen LogP contribution < -0.4 is 5.56 Å². The number of hydrogen-bond acceptors (Lipinski definition) is 6. The summed E-state index contributed by atoms with van der Waals surface area (Å²) < 4.78 is 17.1. The second kappa shape index (κ2) is 9.65. The average molecular weight is 426 g/mol. The van der Waals surface area contributed by atoms with E-state index in [9.17, 15) is 4.79 Å². The van der Waals surface area contributed by atoms with Crippen molar-refractivity contribution >= 4 is 19.5 Å². The van der Waals surface area contributed by atoms with Gasteiger partial charge in [-0.2, -0.15) is 0 Å². The smallest absolute Gasteiger partial charge is 0.279 e. The van der Waals surface area contributed by atoms with Gasteiger partial charge in [0.1, 0.15) is 20.2 Å². The van der Waals surface area contributed by atoms with Crippen LogP contribution in [0.15, 0.2) is 11.1 Å². The maximum atomic E-state index is 12.2. The predicted octanol–water partition coefficient (Wildman–Crippen LogP) is 4.21. The number of nitrogens with zero attached hydrogens (tertiary/aromatic N) is 4. The molecular formula is C20H36N5O3P. The number of nitrogens with one attached hydrogen (secondary N) is 1. The number of H-pyrrole nitrogens is 1. The molecule has 1 N–H and O–H groups in total. The van der Waals surface area contributed by atoms with Crippen LogP contribution in [0.5, 0.6) is 0 Å². The molecule has 2 aromatic rings. The third-order valence-corrected chi connectivity index (χ3v) is 7.25.